The third kappa shape index (κ3) is 31.7. The van der Waals surface area contributed by atoms with E-state index in [1.165, 1.54) is 84.9 Å². The van der Waals surface area contributed by atoms with E-state index in [9.17, 15) is 4.39 Å². The van der Waals surface area contributed by atoms with Crippen LogP contribution in [0.4, 0.5) is 4.39 Å². The standard InChI is InChI=1S/C13H20.C10H14O.C10H14.C9H11F.C9H12.C7H16/c1-13(2,3)11-7-10-12-8-5-4-6-9-12;1-8(2)9-4-6-10(11-3)7-5-9;1-9(2)8-10-6-4-3-5-7-10;1-7(2)8-3-5-9(10)6-4-8;1-8(2)9-6-4-3-5-7-9;1-4-5-6-7(2)3/h4-6,8-9H,7,10-11H2,1-3H3;4-8H,1-3H3;3-7,9H,8H2,1-2H3;3-7H,1-2H3;3-8H,1-2H3;7H,4-6H2,1-3H3. The summed E-state index contributed by atoms with van der Waals surface area (Å²) in [5, 5.41) is 0. The fourth-order valence-electron chi connectivity index (χ4n) is 5.84. The van der Waals surface area contributed by atoms with Crippen LogP contribution in [-0.2, 0) is 12.8 Å². The summed E-state index contributed by atoms with van der Waals surface area (Å²) in [6, 6.07) is 46.7. The number of unbranched alkanes of at least 4 members (excludes halogenated alkanes) is 1. The number of hydrogen-bond acceptors (Lipinski definition) is 1. The molecular formula is C58H87FO. The summed E-state index contributed by atoms with van der Waals surface area (Å²) >= 11 is 0. The third-order valence-electron chi connectivity index (χ3n) is 9.64. The lowest BCUT2D eigenvalue weighted by Crippen LogP contribution is -2.04. The second-order valence-corrected chi connectivity index (χ2v) is 18.7. The lowest BCUT2D eigenvalue weighted by atomic mass is 9.89. The molecule has 0 atom stereocenters. The maximum absolute atomic E-state index is 12.4. The second kappa shape index (κ2) is 33.5. The topological polar surface area (TPSA) is 9.23 Å². The van der Waals surface area contributed by atoms with E-state index < -0.39 is 0 Å². The van der Waals surface area contributed by atoms with Crippen LogP contribution in [0.15, 0.2) is 140 Å². The third-order valence-corrected chi connectivity index (χ3v) is 9.64. The van der Waals surface area contributed by atoms with Crippen LogP contribution in [0.2, 0.25) is 0 Å². The summed E-state index contributed by atoms with van der Waals surface area (Å²) < 4.78 is 17.4. The van der Waals surface area contributed by atoms with Crippen LogP contribution in [0.3, 0.4) is 0 Å². The second-order valence-electron chi connectivity index (χ2n) is 18.7. The van der Waals surface area contributed by atoms with Crippen molar-refractivity contribution >= 4 is 0 Å². The van der Waals surface area contributed by atoms with Gasteiger partial charge in [0, 0.05) is 0 Å². The Bertz CT molecular complexity index is 1650. The fraction of sp³-hybridized carbons (Fsp3) is 0.483. The van der Waals surface area contributed by atoms with Gasteiger partial charge in [0.25, 0.3) is 0 Å². The van der Waals surface area contributed by atoms with E-state index in [4.69, 9.17) is 4.74 Å². The summed E-state index contributed by atoms with van der Waals surface area (Å²) in [5.74, 6) is 4.17. The van der Waals surface area contributed by atoms with E-state index >= 15 is 0 Å². The summed E-state index contributed by atoms with van der Waals surface area (Å²) in [6.45, 7) is 31.1. The molecule has 0 heterocycles. The van der Waals surface area contributed by atoms with Gasteiger partial charge >= 0.3 is 0 Å². The van der Waals surface area contributed by atoms with Gasteiger partial charge in [0.2, 0.25) is 0 Å². The minimum absolute atomic E-state index is 0.163. The number of rotatable bonds is 12. The quantitative estimate of drug-likeness (QED) is 0.122. The van der Waals surface area contributed by atoms with Crippen LogP contribution in [0.5, 0.6) is 5.75 Å². The minimum Gasteiger partial charge on any atom is -0.497 e. The first-order valence-electron chi connectivity index (χ1n) is 22.9. The molecular weight excluding hydrogens is 732 g/mol. The molecule has 0 aliphatic carbocycles. The van der Waals surface area contributed by atoms with Crippen molar-refractivity contribution in [1.82, 2.24) is 0 Å². The molecule has 60 heavy (non-hydrogen) atoms. The zero-order valence-corrected chi connectivity index (χ0v) is 40.9. The molecule has 0 aromatic heterocycles. The number of aryl methyl sites for hydroxylation is 1. The molecule has 0 aliphatic rings. The molecule has 332 valence electrons. The van der Waals surface area contributed by atoms with Crippen molar-refractivity contribution in [3.8, 4) is 5.75 Å². The van der Waals surface area contributed by atoms with Gasteiger partial charge in [0.05, 0.1) is 7.11 Å². The Labute approximate surface area is 370 Å². The number of halogens is 1. The first-order chi connectivity index (χ1) is 28.4. The van der Waals surface area contributed by atoms with Gasteiger partial charge < -0.3 is 4.74 Å². The molecule has 0 amide bonds. The van der Waals surface area contributed by atoms with E-state index in [0.29, 0.717) is 23.2 Å². The van der Waals surface area contributed by atoms with E-state index in [1.807, 2.05) is 30.3 Å². The predicted molar refractivity (Wildman–Crippen MR) is 266 cm³/mol. The maximum atomic E-state index is 12.4. The van der Waals surface area contributed by atoms with Crippen molar-refractivity contribution in [3.05, 3.63) is 173 Å². The SMILES string of the molecule is CC(C)(C)CCCc1ccccc1.CC(C)Cc1ccccc1.CC(C)c1ccc(F)cc1.CC(C)c1ccccc1.CCCCC(C)C.COc1ccc(C(C)C)cc1. The monoisotopic (exact) mass is 819 g/mol. The van der Waals surface area contributed by atoms with Crippen molar-refractivity contribution in [2.75, 3.05) is 7.11 Å². The molecule has 5 aromatic rings. The first kappa shape index (κ1) is 55.8. The zero-order valence-electron chi connectivity index (χ0n) is 40.9. The highest BCUT2D eigenvalue weighted by molar-refractivity contribution is 5.28. The van der Waals surface area contributed by atoms with Crippen LogP contribution in [0, 0.1) is 23.1 Å². The van der Waals surface area contributed by atoms with Gasteiger partial charge in [-0.1, -0.05) is 231 Å². The number of methoxy groups -OCH3 is 1. The van der Waals surface area contributed by atoms with Crippen molar-refractivity contribution in [2.45, 2.75) is 160 Å². The summed E-state index contributed by atoms with van der Waals surface area (Å²) in [4.78, 5) is 0. The van der Waals surface area contributed by atoms with Gasteiger partial charge in [-0.05, 0) is 113 Å². The highest BCUT2D eigenvalue weighted by Gasteiger charge is 2.09. The summed E-state index contributed by atoms with van der Waals surface area (Å²) in [6.07, 6.45) is 9.17. The predicted octanol–water partition coefficient (Wildman–Crippen LogP) is 18.4. The van der Waals surface area contributed by atoms with Crippen molar-refractivity contribution in [2.24, 2.45) is 17.3 Å². The summed E-state index contributed by atoms with van der Waals surface area (Å²) in [5.41, 5.74) is 7.34. The molecule has 0 aliphatic heterocycles. The Balaban J connectivity index is 0.000000703. The fourth-order valence-corrected chi connectivity index (χ4v) is 5.84. The van der Waals surface area contributed by atoms with Gasteiger partial charge in [0.1, 0.15) is 11.6 Å². The van der Waals surface area contributed by atoms with Crippen LogP contribution in [-0.4, -0.2) is 7.11 Å². The average molecular weight is 819 g/mol. The Hall–Kier alpha value is -4.17. The van der Waals surface area contributed by atoms with Crippen LogP contribution < -0.4 is 4.74 Å². The molecule has 0 N–H and O–H groups in total. The number of benzene rings is 5. The largest absolute Gasteiger partial charge is 0.497 e. The Morgan fingerprint density at radius 1 is 0.483 bits per heavy atom. The number of hydrogen-bond donors (Lipinski definition) is 0. The van der Waals surface area contributed by atoms with Gasteiger partial charge in [0.15, 0.2) is 0 Å². The number of ether oxygens (including phenoxy) is 1. The molecule has 2 heteroatoms. The molecule has 0 radical (unpaired) electrons. The molecule has 0 unspecified atom stereocenters. The van der Waals surface area contributed by atoms with Crippen LogP contribution >= 0.6 is 0 Å². The maximum Gasteiger partial charge on any atom is 0.123 e. The normalized spacial score (nSPS) is 10.6. The van der Waals surface area contributed by atoms with Gasteiger partial charge in [-0.2, -0.15) is 0 Å². The molecule has 1 nitrogen and oxygen atoms in total. The molecule has 0 spiro atoms. The first-order valence-corrected chi connectivity index (χ1v) is 22.9. The van der Waals surface area contributed by atoms with Gasteiger partial charge in [-0.3, -0.25) is 0 Å². The molecule has 5 rings (SSSR count). The summed E-state index contributed by atoms with van der Waals surface area (Å²) in [7, 11) is 1.68. The van der Waals surface area contributed by atoms with E-state index in [2.05, 4.69) is 194 Å². The highest BCUT2D eigenvalue weighted by Crippen LogP contribution is 2.22. The van der Waals surface area contributed by atoms with Gasteiger partial charge in [-0.25, -0.2) is 4.39 Å². The van der Waals surface area contributed by atoms with E-state index in [-0.39, 0.29) is 5.82 Å². The Morgan fingerprint density at radius 3 is 1.22 bits per heavy atom. The van der Waals surface area contributed by atoms with Crippen molar-refractivity contribution in [3.63, 3.8) is 0 Å². The molecule has 0 saturated carbocycles. The highest BCUT2D eigenvalue weighted by atomic mass is 19.1. The lowest BCUT2D eigenvalue weighted by Gasteiger charge is -2.17. The van der Waals surface area contributed by atoms with Crippen LogP contribution in [0.25, 0.3) is 0 Å². The van der Waals surface area contributed by atoms with Crippen molar-refractivity contribution < 1.29 is 9.13 Å². The van der Waals surface area contributed by atoms with Crippen LogP contribution in [0.1, 0.15) is 175 Å². The minimum atomic E-state index is -0.163. The Morgan fingerprint density at radius 2 is 0.883 bits per heavy atom. The Kier molecular flexibility index (Phi) is 31.2. The van der Waals surface area contributed by atoms with E-state index in [1.54, 1.807) is 7.11 Å². The lowest BCUT2D eigenvalue weighted by molar-refractivity contribution is 0.365. The molecule has 0 saturated heterocycles. The molecule has 0 fully saturated rings. The average Bonchev–Trinajstić information content (AvgIpc) is 3.22. The molecule has 5 aromatic carbocycles. The zero-order chi connectivity index (χ0) is 45.3. The van der Waals surface area contributed by atoms with Gasteiger partial charge in [-0.15, -0.1) is 0 Å². The smallest absolute Gasteiger partial charge is 0.123 e. The van der Waals surface area contributed by atoms with Crippen molar-refractivity contribution in [1.29, 1.82) is 0 Å². The molecule has 0 bridgehead atoms. The van der Waals surface area contributed by atoms with E-state index in [0.717, 1.165) is 17.6 Å².